The highest BCUT2D eigenvalue weighted by molar-refractivity contribution is 5.99. The van der Waals surface area contributed by atoms with Crippen molar-refractivity contribution in [3.05, 3.63) is 63.3 Å². The van der Waals surface area contributed by atoms with Gasteiger partial charge in [-0.2, -0.15) is 0 Å². The Kier molecular flexibility index (Phi) is 6.36. The number of nitrogens with zero attached hydrogens (tertiary/aromatic N) is 2. The lowest BCUT2D eigenvalue weighted by Gasteiger charge is -2.27. The first-order valence-corrected chi connectivity index (χ1v) is 12.3. The van der Waals surface area contributed by atoms with Crippen molar-refractivity contribution in [2.24, 2.45) is 11.8 Å². The van der Waals surface area contributed by atoms with Crippen molar-refractivity contribution < 1.29 is 22.7 Å². The van der Waals surface area contributed by atoms with Gasteiger partial charge in [-0.3, -0.25) is 9.59 Å². The molecule has 0 spiro atoms. The molecular formula is C26H31F3N4O3. The number of carbonyl (C=O) groups is 1. The van der Waals surface area contributed by atoms with Crippen LogP contribution in [0.5, 0.6) is 0 Å². The predicted octanol–water partition coefficient (Wildman–Crippen LogP) is 3.52. The fourth-order valence-corrected chi connectivity index (χ4v) is 5.66. The predicted molar refractivity (Wildman–Crippen MR) is 129 cm³/mol. The van der Waals surface area contributed by atoms with Crippen LogP contribution in [0.1, 0.15) is 54.2 Å². The Bertz CT molecular complexity index is 1220. The molecule has 2 aromatic rings. The van der Waals surface area contributed by atoms with Gasteiger partial charge >= 0.3 is 0 Å². The minimum absolute atomic E-state index is 0.0279. The smallest absolute Gasteiger partial charge is 0.266 e. The molecule has 3 aliphatic rings. The summed E-state index contributed by atoms with van der Waals surface area (Å²) in [6, 6.07) is 4.50. The van der Waals surface area contributed by atoms with Gasteiger partial charge in [-0.15, -0.1) is 0 Å². The molecule has 0 radical (unpaired) electrons. The maximum atomic E-state index is 14.7. The zero-order valence-corrected chi connectivity index (χ0v) is 20.6. The molecule has 3 heterocycles. The lowest BCUT2D eigenvalue weighted by atomic mass is 10.00. The third-order valence-corrected chi connectivity index (χ3v) is 7.88. The van der Waals surface area contributed by atoms with E-state index in [1.165, 1.54) is 29.0 Å². The van der Waals surface area contributed by atoms with E-state index < -0.39 is 35.3 Å². The third-order valence-electron chi connectivity index (χ3n) is 7.88. The number of benzene rings is 1. The number of alkyl halides is 2. The summed E-state index contributed by atoms with van der Waals surface area (Å²) in [4.78, 5) is 28.8. The average Bonchev–Trinajstić information content (AvgIpc) is 3.14. The fourth-order valence-electron chi connectivity index (χ4n) is 5.66. The Labute approximate surface area is 207 Å². The first kappa shape index (κ1) is 24.8. The summed E-state index contributed by atoms with van der Waals surface area (Å²) in [5.74, 6) is -0.640. The van der Waals surface area contributed by atoms with Crippen molar-refractivity contribution in [1.82, 2.24) is 14.8 Å². The first-order chi connectivity index (χ1) is 17.1. The van der Waals surface area contributed by atoms with Crippen LogP contribution >= 0.6 is 0 Å². The second kappa shape index (κ2) is 9.23. The monoisotopic (exact) mass is 504 g/mol. The number of hydrogen-bond acceptors (Lipinski definition) is 5. The number of fused-ring (bicyclic) bond motifs is 1. The Morgan fingerprint density at radius 2 is 1.92 bits per heavy atom. The molecule has 1 amide bonds. The summed E-state index contributed by atoms with van der Waals surface area (Å²) >= 11 is 0. The molecule has 5 atom stereocenters. The molecule has 194 valence electrons. The first-order valence-electron chi connectivity index (χ1n) is 12.3. The summed E-state index contributed by atoms with van der Waals surface area (Å²) in [5.41, 5.74) is -0.893. The van der Waals surface area contributed by atoms with Crippen molar-refractivity contribution in [2.45, 2.75) is 44.3 Å². The van der Waals surface area contributed by atoms with Gasteiger partial charge in [-0.25, -0.2) is 13.2 Å². The van der Waals surface area contributed by atoms with Crippen LogP contribution in [0.4, 0.5) is 18.9 Å². The molecule has 1 aliphatic carbocycles. The normalized spacial score (nSPS) is 28.2. The van der Waals surface area contributed by atoms with E-state index in [0.29, 0.717) is 37.2 Å². The third kappa shape index (κ3) is 4.41. The zero-order chi connectivity index (χ0) is 25.8. The number of nitrogens with one attached hydrogen (secondary N) is 2. The van der Waals surface area contributed by atoms with Crippen LogP contribution in [0.3, 0.4) is 0 Å². The number of halogens is 3. The molecule has 2 aliphatic heterocycles. The topological polar surface area (TPSA) is 75.6 Å². The van der Waals surface area contributed by atoms with Gasteiger partial charge in [-0.05, 0) is 39.2 Å². The van der Waals surface area contributed by atoms with E-state index in [9.17, 15) is 22.8 Å². The second-order valence-corrected chi connectivity index (χ2v) is 10.6. The molecule has 1 aromatic carbocycles. The molecule has 2 saturated heterocycles. The molecule has 2 N–H and O–H groups in total. The number of carbonyl (C=O) groups excluding carboxylic acids is 1. The molecule has 10 heteroatoms. The number of piperidine rings is 1. The summed E-state index contributed by atoms with van der Waals surface area (Å²) in [6.45, 7) is 6.22. The number of ether oxygens (including phenoxy) is 1. The van der Waals surface area contributed by atoms with Crippen LogP contribution in [0, 0.1) is 17.7 Å². The van der Waals surface area contributed by atoms with Crippen LogP contribution in [-0.2, 0) is 10.3 Å². The lowest BCUT2D eigenvalue weighted by molar-refractivity contribution is 0.0938. The van der Waals surface area contributed by atoms with Crippen molar-refractivity contribution in [2.75, 3.05) is 38.7 Å². The number of aromatic nitrogens is 1. The van der Waals surface area contributed by atoms with Crippen molar-refractivity contribution in [3.8, 4) is 0 Å². The number of likely N-dealkylation sites (tertiary alicyclic amines) is 1. The standard InChI is InChI=1S/C26H31F3N4O3/c1-14(15-5-4-6-16(22(15)27)24(28)29)30-25(35)19-12-33(26(2)7-8-36-13-26)21(34)9-20(19)31-23-17-10-32(3)11-18(17)23/h4-6,9,12,14,17-18,23-24,31H,7-8,10-11,13H2,1-3H3,(H,30,35)/t14-,17-,18+,23?,26+/m1/s1. The number of rotatable bonds is 7. The van der Waals surface area contributed by atoms with Crippen LogP contribution in [0.15, 0.2) is 35.3 Å². The van der Waals surface area contributed by atoms with E-state index in [1.54, 1.807) is 6.92 Å². The largest absolute Gasteiger partial charge is 0.381 e. The minimum Gasteiger partial charge on any atom is -0.381 e. The summed E-state index contributed by atoms with van der Waals surface area (Å²) in [7, 11) is 2.07. The van der Waals surface area contributed by atoms with Gasteiger partial charge in [0.1, 0.15) is 5.82 Å². The fraction of sp³-hybridized carbons (Fsp3) is 0.538. The molecular weight excluding hydrogens is 473 g/mol. The quantitative estimate of drug-likeness (QED) is 0.604. The summed E-state index contributed by atoms with van der Waals surface area (Å²) in [5, 5.41) is 6.14. The van der Waals surface area contributed by atoms with Gasteiger partial charge in [0.05, 0.1) is 35.0 Å². The highest BCUT2D eigenvalue weighted by Gasteiger charge is 2.55. The Morgan fingerprint density at radius 3 is 2.56 bits per heavy atom. The van der Waals surface area contributed by atoms with Crippen molar-refractivity contribution in [1.29, 1.82) is 0 Å². The number of pyridine rings is 1. The molecule has 7 nitrogen and oxygen atoms in total. The summed E-state index contributed by atoms with van der Waals surface area (Å²) in [6.07, 6.45) is -0.793. The van der Waals surface area contributed by atoms with Gasteiger partial charge in [0.25, 0.3) is 17.9 Å². The number of anilines is 1. The Morgan fingerprint density at radius 1 is 1.22 bits per heavy atom. The molecule has 5 rings (SSSR count). The highest BCUT2D eigenvalue weighted by atomic mass is 19.3. The average molecular weight is 505 g/mol. The van der Waals surface area contributed by atoms with E-state index in [4.69, 9.17) is 4.74 Å². The maximum absolute atomic E-state index is 14.7. The van der Waals surface area contributed by atoms with E-state index in [1.807, 2.05) is 6.92 Å². The second-order valence-electron chi connectivity index (χ2n) is 10.6. The van der Waals surface area contributed by atoms with Crippen molar-refractivity contribution in [3.63, 3.8) is 0 Å². The van der Waals surface area contributed by atoms with E-state index in [0.717, 1.165) is 19.2 Å². The maximum Gasteiger partial charge on any atom is 0.266 e. The SMILES string of the molecule is C[C@@H](NC(=O)c1cn([C@@]2(C)CCOC2)c(=O)cc1NC1[C@H]2CN(C)C[C@@H]12)c1cccc(C(F)F)c1F. The molecule has 0 bridgehead atoms. The Hall–Kier alpha value is -2.85. The van der Waals surface area contributed by atoms with Crippen LogP contribution in [0.2, 0.25) is 0 Å². The molecule has 3 fully saturated rings. The van der Waals surface area contributed by atoms with Gasteiger partial charge in [0, 0.05) is 43.6 Å². The lowest BCUT2D eigenvalue weighted by Crippen LogP contribution is -2.40. The molecule has 1 aromatic heterocycles. The van der Waals surface area contributed by atoms with Gasteiger partial charge in [0.2, 0.25) is 0 Å². The van der Waals surface area contributed by atoms with Crippen LogP contribution < -0.4 is 16.2 Å². The zero-order valence-electron chi connectivity index (χ0n) is 20.6. The highest BCUT2D eigenvalue weighted by Crippen LogP contribution is 2.47. The minimum atomic E-state index is -2.96. The van der Waals surface area contributed by atoms with E-state index in [-0.39, 0.29) is 22.7 Å². The van der Waals surface area contributed by atoms with Crippen molar-refractivity contribution >= 4 is 11.6 Å². The molecule has 1 unspecified atom stereocenters. The molecule has 1 saturated carbocycles. The van der Waals surface area contributed by atoms with Gasteiger partial charge < -0.3 is 24.8 Å². The number of hydrogen-bond donors (Lipinski definition) is 2. The van der Waals surface area contributed by atoms with Gasteiger partial charge in [0.15, 0.2) is 0 Å². The van der Waals surface area contributed by atoms with E-state index in [2.05, 4.69) is 22.6 Å². The number of amides is 1. The van der Waals surface area contributed by atoms with Gasteiger partial charge in [-0.1, -0.05) is 18.2 Å². The summed E-state index contributed by atoms with van der Waals surface area (Å²) < 4.78 is 48.1. The van der Waals surface area contributed by atoms with E-state index >= 15 is 0 Å². The Balaban J connectivity index is 1.45. The van der Waals surface area contributed by atoms with Crippen LogP contribution in [-0.4, -0.2) is 54.8 Å². The van der Waals surface area contributed by atoms with Crippen LogP contribution in [0.25, 0.3) is 0 Å². The molecule has 36 heavy (non-hydrogen) atoms.